The van der Waals surface area contributed by atoms with E-state index in [4.69, 9.17) is 28.6 Å². The number of nitrogens with one attached hydrogen (secondary N) is 1. The molecule has 0 bridgehead atoms. The van der Waals surface area contributed by atoms with Gasteiger partial charge in [0.2, 0.25) is 0 Å². The van der Waals surface area contributed by atoms with Crippen LogP contribution in [0.4, 0.5) is 5.69 Å². The van der Waals surface area contributed by atoms with Crippen LogP contribution in [0.1, 0.15) is 18.2 Å². The molecule has 6 nitrogen and oxygen atoms in total. The molecule has 1 fully saturated rings. The van der Waals surface area contributed by atoms with E-state index >= 15 is 0 Å². The second-order valence-corrected chi connectivity index (χ2v) is 7.43. The summed E-state index contributed by atoms with van der Waals surface area (Å²) in [6, 6.07) is 5.47. The SMILES string of the molecule is CCn1ncc(CN2CCN(C(=S)Nc3cc(Cl)ccc3OC)CC2)c1C. The van der Waals surface area contributed by atoms with Gasteiger partial charge in [0.25, 0.3) is 0 Å². The highest BCUT2D eigenvalue weighted by molar-refractivity contribution is 7.80. The lowest BCUT2D eigenvalue weighted by Crippen LogP contribution is -2.49. The molecule has 1 aromatic carbocycles. The Morgan fingerprint density at radius 2 is 2.04 bits per heavy atom. The first-order valence-electron chi connectivity index (χ1n) is 9.15. The number of ether oxygens (including phenoxy) is 1. The third-order valence-electron chi connectivity index (χ3n) is 4.96. The Bertz CT molecular complexity index is 801. The predicted octanol–water partition coefficient (Wildman–Crippen LogP) is 3.39. The lowest BCUT2D eigenvalue weighted by atomic mass is 10.2. The number of rotatable bonds is 5. The third-order valence-corrected chi connectivity index (χ3v) is 5.56. The zero-order valence-corrected chi connectivity index (χ0v) is 17.6. The van der Waals surface area contributed by atoms with Crippen LogP contribution in [0.3, 0.4) is 0 Å². The second kappa shape index (κ2) is 8.91. The van der Waals surface area contributed by atoms with Crippen molar-refractivity contribution < 1.29 is 4.74 Å². The van der Waals surface area contributed by atoms with E-state index in [-0.39, 0.29) is 0 Å². The topological polar surface area (TPSA) is 45.6 Å². The molecule has 0 unspecified atom stereocenters. The molecular formula is C19H26ClN5OS. The normalized spacial score (nSPS) is 15.0. The predicted molar refractivity (Wildman–Crippen MR) is 114 cm³/mol. The zero-order chi connectivity index (χ0) is 19.4. The quantitative estimate of drug-likeness (QED) is 0.766. The van der Waals surface area contributed by atoms with Gasteiger partial charge in [0, 0.05) is 55.5 Å². The van der Waals surface area contributed by atoms with Gasteiger partial charge in [-0.25, -0.2) is 0 Å². The number of nitrogens with zero attached hydrogens (tertiary/aromatic N) is 4. The average molecular weight is 408 g/mol. The second-order valence-electron chi connectivity index (χ2n) is 6.61. The van der Waals surface area contributed by atoms with E-state index in [1.54, 1.807) is 13.2 Å². The number of aryl methyl sites for hydroxylation is 1. The highest BCUT2D eigenvalue weighted by Crippen LogP contribution is 2.28. The molecule has 1 N–H and O–H groups in total. The van der Waals surface area contributed by atoms with Gasteiger partial charge in [0.15, 0.2) is 5.11 Å². The standard InChI is InChI=1S/C19H26ClN5OS/c1-4-25-14(2)15(12-21-25)13-23-7-9-24(10-8-23)19(27)22-17-11-16(20)5-6-18(17)26-3/h5-6,11-12H,4,7-10,13H2,1-3H3,(H,22,27). The zero-order valence-electron chi connectivity index (χ0n) is 16.0. The first-order chi connectivity index (χ1) is 13.0. The Hall–Kier alpha value is -1.83. The van der Waals surface area contributed by atoms with Crippen molar-refractivity contribution in [3.05, 3.63) is 40.7 Å². The molecule has 2 heterocycles. The summed E-state index contributed by atoms with van der Waals surface area (Å²) in [6.07, 6.45) is 1.99. The van der Waals surface area contributed by atoms with Crippen LogP contribution < -0.4 is 10.1 Å². The molecule has 1 aliphatic heterocycles. The molecule has 3 rings (SSSR count). The van der Waals surface area contributed by atoms with Crippen molar-refractivity contribution in [1.29, 1.82) is 0 Å². The molecule has 8 heteroatoms. The first kappa shape index (κ1) is 19.9. The summed E-state index contributed by atoms with van der Waals surface area (Å²) in [5, 5.41) is 9.06. The summed E-state index contributed by atoms with van der Waals surface area (Å²) in [5.74, 6) is 0.726. The van der Waals surface area contributed by atoms with Crippen molar-refractivity contribution in [3.8, 4) is 5.75 Å². The van der Waals surface area contributed by atoms with Crippen LogP contribution in [0.2, 0.25) is 5.02 Å². The minimum Gasteiger partial charge on any atom is -0.495 e. The van der Waals surface area contributed by atoms with E-state index in [9.17, 15) is 0 Å². The Morgan fingerprint density at radius 1 is 1.30 bits per heavy atom. The highest BCUT2D eigenvalue weighted by Gasteiger charge is 2.21. The van der Waals surface area contributed by atoms with Crippen molar-refractivity contribution in [2.45, 2.75) is 26.9 Å². The first-order valence-corrected chi connectivity index (χ1v) is 9.93. The van der Waals surface area contributed by atoms with E-state index in [0.717, 1.165) is 50.7 Å². The molecular weight excluding hydrogens is 382 g/mol. The van der Waals surface area contributed by atoms with Crippen LogP contribution in [-0.4, -0.2) is 58.0 Å². The largest absolute Gasteiger partial charge is 0.495 e. The van der Waals surface area contributed by atoms with Gasteiger partial charge in [-0.2, -0.15) is 5.10 Å². The number of halogens is 1. The Kier molecular flexibility index (Phi) is 6.57. The van der Waals surface area contributed by atoms with Gasteiger partial charge in [-0.1, -0.05) is 11.6 Å². The maximum absolute atomic E-state index is 6.10. The smallest absolute Gasteiger partial charge is 0.173 e. The van der Waals surface area contributed by atoms with Gasteiger partial charge in [0.1, 0.15) is 5.75 Å². The van der Waals surface area contributed by atoms with Gasteiger partial charge in [-0.15, -0.1) is 0 Å². The molecule has 1 aliphatic rings. The summed E-state index contributed by atoms with van der Waals surface area (Å²) in [4.78, 5) is 4.64. The summed E-state index contributed by atoms with van der Waals surface area (Å²) in [5.41, 5.74) is 3.35. The summed E-state index contributed by atoms with van der Waals surface area (Å²) in [6.45, 7) is 9.79. The molecule has 2 aromatic rings. The molecule has 0 radical (unpaired) electrons. The lowest BCUT2D eigenvalue weighted by Gasteiger charge is -2.36. The fourth-order valence-corrected chi connectivity index (χ4v) is 3.75. The summed E-state index contributed by atoms with van der Waals surface area (Å²) in [7, 11) is 1.64. The van der Waals surface area contributed by atoms with Crippen LogP contribution >= 0.6 is 23.8 Å². The minimum absolute atomic E-state index is 0.647. The molecule has 0 saturated carbocycles. The highest BCUT2D eigenvalue weighted by atomic mass is 35.5. The van der Waals surface area contributed by atoms with E-state index in [0.29, 0.717) is 10.1 Å². The van der Waals surface area contributed by atoms with Crippen molar-refractivity contribution in [2.75, 3.05) is 38.6 Å². The third kappa shape index (κ3) is 4.72. The van der Waals surface area contributed by atoms with Crippen LogP contribution in [0.25, 0.3) is 0 Å². The molecule has 0 atom stereocenters. The minimum atomic E-state index is 0.647. The summed E-state index contributed by atoms with van der Waals surface area (Å²) < 4.78 is 7.42. The average Bonchev–Trinajstić information content (AvgIpc) is 3.02. The van der Waals surface area contributed by atoms with Crippen LogP contribution in [-0.2, 0) is 13.1 Å². The Morgan fingerprint density at radius 3 is 2.67 bits per heavy atom. The van der Waals surface area contributed by atoms with E-state index in [1.165, 1.54) is 11.3 Å². The van der Waals surface area contributed by atoms with E-state index in [2.05, 4.69) is 34.1 Å². The number of aromatic nitrogens is 2. The van der Waals surface area contributed by atoms with Crippen LogP contribution in [0, 0.1) is 6.92 Å². The van der Waals surface area contributed by atoms with Crippen molar-refractivity contribution in [2.24, 2.45) is 0 Å². The fraction of sp³-hybridized carbons (Fsp3) is 0.474. The number of hydrogen-bond acceptors (Lipinski definition) is 4. The van der Waals surface area contributed by atoms with E-state index < -0.39 is 0 Å². The number of methoxy groups -OCH3 is 1. The van der Waals surface area contributed by atoms with Gasteiger partial charge < -0.3 is 15.0 Å². The molecule has 0 amide bonds. The Balaban J connectivity index is 1.55. The molecule has 0 spiro atoms. The maximum Gasteiger partial charge on any atom is 0.173 e. The molecule has 1 saturated heterocycles. The number of benzene rings is 1. The number of anilines is 1. The van der Waals surface area contributed by atoms with Gasteiger partial charge in [0.05, 0.1) is 19.0 Å². The van der Waals surface area contributed by atoms with Gasteiger partial charge in [-0.3, -0.25) is 9.58 Å². The monoisotopic (exact) mass is 407 g/mol. The number of thiocarbonyl (C=S) groups is 1. The lowest BCUT2D eigenvalue weighted by molar-refractivity contribution is 0.176. The molecule has 0 aliphatic carbocycles. The van der Waals surface area contributed by atoms with E-state index in [1.807, 2.05) is 23.0 Å². The molecule has 27 heavy (non-hydrogen) atoms. The van der Waals surface area contributed by atoms with Gasteiger partial charge >= 0.3 is 0 Å². The van der Waals surface area contributed by atoms with Crippen LogP contribution in [0.15, 0.2) is 24.4 Å². The van der Waals surface area contributed by atoms with Crippen LogP contribution in [0.5, 0.6) is 5.75 Å². The van der Waals surface area contributed by atoms with Crippen molar-refractivity contribution >= 4 is 34.6 Å². The summed E-state index contributed by atoms with van der Waals surface area (Å²) >= 11 is 11.7. The number of hydrogen-bond donors (Lipinski definition) is 1. The fourth-order valence-electron chi connectivity index (χ4n) is 3.28. The molecule has 146 valence electrons. The maximum atomic E-state index is 6.10. The van der Waals surface area contributed by atoms with Gasteiger partial charge in [-0.05, 0) is 44.3 Å². The van der Waals surface area contributed by atoms with Crippen molar-refractivity contribution in [1.82, 2.24) is 19.6 Å². The Labute approximate surface area is 171 Å². The van der Waals surface area contributed by atoms with Crippen molar-refractivity contribution in [3.63, 3.8) is 0 Å². The number of piperazine rings is 1. The molecule has 1 aromatic heterocycles.